The summed E-state index contributed by atoms with van der Waals surface area (Å²) in [6.45, 7) is 6.35. The average molecular weight is 620 g/mol. The summed E-state index contributed by atoms with van der Waals surface area (Å²) in [6, 6.07) is 13.7. The van der Waals surface area contributed by atoms with Crippen molar-refractivity contribution in [2.24, 2.45) is 17.8 Å². The number of rotatable bonds is 9. The molecule has 5 rings (SSSR count). The van der Waals surface area contributed by atoms with Crippen molar-refractivity contribution >= 4 is 35.8 Å². The zero-order valence-electron chi connectivity index (χ0n) is 25.3. The number of likely N-dealkylation sites (tertiary alicyclic amines) is 1. The quantitative estimate of drug-likeness (QED) is 0.275. The van der Waals surface area contributed by atoms with Crippen LogP contribution in [0.1, 0.15) is 67.3 Å². The van der Waals surface area contributed by atoms with Crippen LogP contribution in [0.15, 0.2) is 40.9 Å². The largest absolute Gasteiger partial charge is 0.488 e. The Morgan fingerprint density at radius 3 is 2.33 bits per heavy atom. The van der Waals surface area contributed by atoms with E-state index in [2.05, 4.69) is 27.5 Å². The van der Waals surface area contributed by atoms with Gasteiger partial charge in [-0.1, -0.05) is 30.1 Å². The Balaban J connectivity index is 0.00000118. The molecule has 1 saturated heterocycles. The van der Waals surface area contributed by atoms with Crippen LogP contribution in [0.5, 0.6) is 5.75 Å². The number of hydrogen-bond donors (Lipinski definition) is 2. The van der Waals surface area contributed by atoms with Gasteiger partial charge in [-0.05, 0) is 120 Å². The molecule has 0 spiro atoms. The van der Waals surface area contributed by atoms with Gasteiger partial charge in [0.25, 0.3) is 0 Å². The molecule has 3 aromatic rings. The number of aryl methyl sites for hydroxylation is 2. The van der Waals surface area contributed by atoms with Gasteiger partial charge >= 0.3 is 0 Å². The van der Waals surface area contributed by atoms with E-state index in [1.165, 1.54) is 58.2 Å². The highest BCUT2D eigenvalue weighted by atomic mass is 35.5. The van der Waals surface area contributed by atoms with Crippen LogP contribution in [0.2, 0.25) is 0 Å². The molecular weight excluding hydrogens is 571 g/mol. The molecule has 42 heavy (non-hydrogen) atoms. The van der Waals surface area contributed by atoms with Gasteiger partial charge < -0.3 is 24.6 Å². The number of nitriles is 1. The minimum atomic E-state index is 0. The molecule has 1 aliphatic carbocycles. The fraction of sp³-hybridized carbons (Fsp3) is 0.576. The second-order valence-corrected chi connectivity index (χ2v) is 11.6. The number of aliphatic hydroxyl groups is 1. The number of fused-ring (bicyclic) bond motifs is 1. The van der Waals surface area contributed by atoms with E-state index in [0.717, 1.165) is 52.3 Å². The predicted molar refractivity (Wildman–Crippen MR) is 174 cm³/mol. The van der Waals surface area contributed by atoms with Crippen molar-refractivity contribution in [3.63, 3.8) is 0 Å². The van der Waals surface area contributed by atoms with E-state index < -0.39 is 0 Å². The van der Waals surface area contributed by atoms with E-state index in [0.29, 0.717) is 30.6 Å². The summed E-state index contributed by atoms with van der Waals surface area (Å²) in [7, 11) is 3.75. The van der Waals surface area contributed by atoms with Gasteiger partial charge in [-0.3, -0.25) is 0 Å². The van der Waals surface area contributed by atoms with Crippen molar-refractivity contribution in [1.29, 1.82) is 5.26 Å². The first-order valence-electron chi connectivity index (χ1n) is 15.0. The van der Waals surface area contributed by atoms with Crippen molar-refractivity contribution in [3.8, 4) is 11.8 Å². The third-order valence-electron chi connectivity index (χ3n) is 8.68. The van der Waals surface area contributed by atoms with Gasteiger partial charge in [0, 0.05) is 24.1 Å². The van der Waals surface area contributed by atoms with E-state index in [1.807, 2.05) is 51.4 Å². The fourth-order valence-corrected chi connectivity index (χ4v) is 6.24. The molecule has 2 N–H and O–H groups in total. The Morgan fingerprint density at radius 1 is 1.02 bits per heavy atom. The van der Waals surface area contributed by atoms with Gasteiger partial charge in [0.05, 0.1) is 17.3 Å². The average Bonchev–Trinajstić information content (AvgIpc) is 3.41. The van der Waals surface area contributed by atoms with E-state index in [-0.39, 0.29) is 24.8 Å². The lowest BCUT2D eigenvalue weighted by Crippen LogP contribution is -2.40. The van der Waals surface area contributed by atoms with Gasteiger partial charge in [0.1, 0.15) is 12.4 Å². The number of benzene rings is 2. The summed E-state index contributed by atoms with van der Waals surface area (Å²) in [5.74, 6) is 2.72. The number of nitrogens with one attached hydrogen (secondary N) is 1. The van der Waals surface area contributed by atoms with Crippen LogP contribution in [0.25, 0.3) is 11.0 Å². The topological polar surface area (TPSA) is 94.5 Å². The molecule has 0 bridgehead atoms. The molecule has 9 heteroatoms. The Morgan fingerprint density at radius 2 is 1.69 bits per heavy atom. The summed E-state index contributed by atoms with van der Waals surface area (Å²) in [6.07, 6.45) is 9.68. The first kappa shape index (κ1) is 35.9. The second-order valence-electron chi connectivity index (χ2n) is 11.6. The zero-order chi connectivity index (χ0) is 28.3. The molecule has 1 aromatic heterocycles. The third-order valence-corrected chi connectivity index (χ3v) is 8.68. The van der Waals surface area contributed by atoms with Crippen LogP contribution in [-0.4, -0.2) is 55.5 Å². The minimum absolute atomic E-state index is 0. The lowest BCUT2D eigenvalue weighted by Gasteiger charge is -2.38. The molecule has 0 radical (unpaired) electrons. The van der Waals surface area contributed by atoms with E-state index >= 15 is 0 Å². The summed E-state index contributed by atoms with van der Waals surface area (Å²) in [5.41, 5.74) is 4.51. The van der Waals surface area contributed by atoms with Gasteiger partial charge in [0.2, 0.25) is 0 Å². The number of ether oxygens (including phenoxy) is 1. The second kappa shape index (κ2) is 18.4. The van der Waals surface area contributed by atoms with Crippen LogP contribution in [0.3, 0.4) is 0 Å². The van der Waals surface area contributed by atoms with Crippen LogP contribution in [-0.2, 0) is 13.0 Å². The molecule has 2 atom stereocenters. The molecule has 1 aliphatic heterocycles. The summed E-state index contributed by atoms with van der Waals surface area (Å²) >= 11 is 0. The number of aliphatic hydroxyl groups excluding tert-OH is 1. The van der Waals surface area contributed by atoms with Crippen LogP contribution < -0.4 is 10.1 Å². The van der Waals surface area contributed by atoms with Crippen molar-refractivity contribution in [2.75, 3.05) is 40.3 Å². The Hall–Kier alpha value is -2.34. The van der Waals surface area contributed by atoms with E-state index in [9.17, 15) is 5.11 Å². The maximum absolute atomic E-state index is 9.74. The first-order valence-corrected chi connectivity index (χ1v) is 15.0. The lowest BCUT2D eigenvalue weighted by atomic mass is 9.79. The summed E-state index contributed by atoms with van der Waals surface area (Å²) in [5, 5.41) is 27.0. The number of hydrogen-bond acceptors (Lipinski definition) is 7. The van der Waals surface area contributed by atoms with Gasteiger partial charge in [-0.2, -0.15) is 5.26 Å². The van der Waals surface area contributed by atoms with Gasteiger partial charge in [-0.25, -0.2) is 0 Å². The normalized spacial score (nSPS) is 19.1. The monoisotopic (exact) mass is 618 g/mol. The lowest BCUT2D eigenvalue weighted by molar-refractivity contribution is 0.0826. The standard InChI is InChI=1S/C31H39N3O3.C2H7N.2ClH/c1-22-30(36-21-25-8-6-24(18-32)7-9-25)13-11-28-29(33-37-31(22)28)12-10-23-14-16-34(17-15-23)19-26-4-2-3-5-27(26)20-35;1-3-2;;/h6-9,11,13,23,26-27,35H,2-5,10,12,14-17,19-21H2,1H3;3H,1-2H3;2*1H. The number of nitrogens with zero attached hydrogens (tertiary/aromatic N) is 3. The van der Waals surface area contributed by atoms with Crippen molar-refractivity contribution in [2.45, 2.75) is 64.9 Å². The first-order chi connectivity index (χ1) is 19.6. The summed E-state index contributed by atoms with van der Waals surface area (Å²) < 4.78 is 11.8. The Labute approximate surface area is 263 Å². The SMILES string of the molecule is CNC.Cc1c(OCc2ccc(C#N)cc2)ccc2c(CCC3CCN(CC4CCCCC4CO)CC3)noc12.Cl.Cl. The zero-order valence-corrected chi connectivity index (χ0v) is 26.9. The summed E-state index contributed by atoms with van der Waals surface area (Å²) in [4.78, 5) is 2.64. The van der Waals surface area contributed by atoms with E-state index in [4.69, 9.17) is 14.5 Å². The maximum Gasteiger partial charge on any atom is 0.173 e. The van der Waals surface area contributed by atoms with Crippen molar-refractivity contribution in [1.82, 2.24) is 15.4 Å². The Bertz CT molecular complexity index is 1240. The highest BCUT2D eigenvalue weighted by molar-refractivity contribution is 5.86. The molecule has 7 nitrogen and oxygen atoms in total. The smallest absolute Gasteiger partial charge is 0.173 e. The fourth-order valence-electron chi connectivity index (χ4n) is 6.24. The molecule has 232 valence electrons. The molecule has 2 unspecified atom stereocenters. The third kappa shape index (κ3) is 9.59. The van der Waals surface area contributed by atoms with Crippen molar-refractivity contribution in [3.05, 3.63) is 58.8 Å². The molecule has 1 saturated carbocycles. The molecule has 2 aliphatic rings. The van der Waals surface area contributed by atoms with Crippen molar-refractivity contribution < 1.29 is 14.4 Å². The van der Waals surface area contributed by atoms with Crippen LogP contribution in [0.4, 0.5) is 0 Å². The van der Waals surface area contributed by atoms with Crippen LogP contribution >= 0.6 is 24.8 Å². The molecule has 0 amide bonds. The molecule has 2 aromatic carbocycles. The van der Waals surface area contributed by atoms with Gasteiger partial charge in [0.15, 0.2) is 5.58 Å². The van der Waals surface area contributed by atoms with Crippen LogP contribution in [0, 0.1) is 36.0 Å². The van der Waals surface area contributed by atoms with E-state index in [1.54, 1.807) is 0 Å². The number of piperidine rings is 1. The van der Waals surface area contributed by atoms with Gasteiger partial charge in [-0.15, -0.1) is 24.8 Å². The number of halogens is 2. The molecule has 2 heterocycles. The predicted octanol–water partition coefficient (Wildman–Crippen LogP) is 6.71. The number of aromatic nitrogens is 1. The highest BCUT2D eigenvalue weighted by Gasteiger charge is 2.28. The maximum atomic E-state index is 9.74. The minimum Gasteiger partial charge on any atom is -0.488 e. The Kier molecular flexibility index (Phi) is 15.7. The molecule has 2 fully saturated rings. The highest BCUT2D eigenvalue weighted by Crippen LogP contribution is 2.33. The molecular formula is C33H48Cl2N4O3.